The number of halogens is 3. The average molecular weight is 621 g/mol. The van der Waals surface area contributed by atoms with E-state index in [1.165, 1.54) is 35.2 Å². The molecule has 3 aromatic rings. The Hall–Kier alpha value is -3.14. The fourth-order valence-electron chi connectivity index (χ4n) is 4.83. The normalized spacial score (nSPS) is 14.5. The SMILES string of the molecule is Cc1ccc(S(=O)(=O)N(CC(=O)N(Cc2c(Cl)cccc2Cl)C(C)C(=O)NC2CCCC2)c2ccccc2F)cc1. The number of nitrogens with one attached hydrogen (secondary N) is 1. The van der Waals surface area contributed by atoms with Crippen molar-refractivity contribution in [2.24, 2.45) is 0 Å². The molecule has 1 unspecified atom stereocenters. The molecule has 1 N–H and O–H groups in total. The number of nitrogens with zero attached hydrogens (tertiary/aromatic N) is 2. The number of carbonyl (C=O) groups is 2. The Morgan fingerprint density at radius 3 is 2.20 bits per heavy atom. The third-order valence-corrected chi connectivity index (χ3v) is 9.75. The van der Waals surface area contributed by atoms with Gasteiger partial charge in [-0.1, -0.05) is 71.9 Å². The van der Waals surface area contributed by atoms with E-state index >= 15 is 4.39 Å². The average Bonchev–Trinajstić information content (AvgIpc) is 3.45. The molecule has 2 amide bonds. The highest BCUT2D eigenvalue weighted by molar-refractivity contribution is 7.92. The van der Waals surface area contributed by atoms with Crippen molar-refractivity contribution < 1.29 is 22.4 Å². The van der Waals surface area contributed by atoms with Crippen LogP contribution in [0.15, 0.2) is 71.6 Å². The largest absolute Gasteiger partial charge is 0.352 e. The lowest BCUT2D eigenvalue weighted by Gasteiger charge is -2.33. The maximum atomic E-state index is 15.0. The second-order valence-corrected chi connectivity index (χ2v) is 12.8. The zero-order valence-corrected chi connectivity index (χ0v) is 25.1. The van der Waals surface area contributed by atoms with Gasteiger partial charge in [0.15, 0.2) is 0 Å². The van der Waals surface area contributed by atoms with Gasteiger partial charge in [0, 0.05) is 28.2 Å². The summed E-state index contributed by atoms with van der Waals surface area (Å²) in [6.07, 6.45) is 3.70. The molecule has 1 atom stereocenters. The van der Waals surface area contributed by atoms with Gasteiger partial charge in [0.1, 0.15) is 18.4 Å². The number of benzene rings is 3. The Morgan fingerprint density at radius 2 is 1.59 bits per heavy atom. The van der Waals surface area contributed by atoms with Gasteiger partial charge in [-0.3, -0.25) is 13.9 Å². The van der Waals surface area contributed by atoms with Gasteiger partial charge in [-0.05, 0) is 63.1 Å². The fraction of sp³-hybridized carbons (Fsp3) is 0.333. The van der Waals surface area contributed by atoms with E-state index in [0.29, 0.717) is 5.56 Å². The molecule has 0 heterocycles. The molecule has 0 aliphatic heterocycles. The van der Waals surface area contributed by atoms with E-state index in [1.54, 1.807) is 37.3 Å². The molecule has 1 aliphatic carbocycles. The highest BCUT2D eigenvalue weighted by Crippen LogP contribution is 2.29. The van der Waals surface area contributed by atoms with E-state index in [-0.39, 0.29) is 39.1 Å². The van der Waals surface area contributed by atoms with Crippen molar-refractivity contribution in [1.82, 2.24) is 10.2 Å². The quantitative estimate of drug-likeness (QED) is 0.296. The Balaban J connectivity index is 1.73. The topological polar surface area (TPSA) is 86.8 Å². The first kappa shape index (κ1) is 30.8. The molecular weight excluding hydrogens is 588 g/mol. The molecule has 0 radical (unpaired) electrons. The highest BCUT2D eigenvalue weighted by atomic mass is 35.5. The van der Waals surface area contributed by atoms with Gasteiger partial charge in [-0.2, -0.15) is 0 Å². The van der Waals surface area contributed by atoms with Crippen LogP contribution in [0.2, 0.25) is 10.0 Å². The second-order valence-electron chi connectivity index (χ2n) is 10.2. The molecule has 4 rings (SSSR count). The van der Waals surface area contributed by atoms with Crippen LogP contribution in [0.25, 0.3) is 0 Å². The summed E-state index contributed by atoms with van der Waals surface area (Å²) in [6, 6.07) is 15.3. The predicted molar refractivity (Wildman–Crippen MR) is 159 cm³/mol. The van der Waals surface area contributed by atoms with E-state index < -0.39 is 34.3 Å². The highest BCUT2D eigenvalue weighted by Gasteiger charge is 2.34. The van der Waals surface area contributed by atoms with Gasteiger partial charge in [-0.25, -0.2) is 12.8 Å². The Morgan fingerprint density at radius 1 is 0.976 bits per heavy atom. The van der Waals surface area contributed by atoms with Crippen molar-refractivity contribution in [3.05, 3.63) is 93.7 Å². The number of rotatable bonds is 10. The summed E-state index contributed by atoms with van der Waals surface area (Å²) >= 11 is 12.8. The maximum Gasteiger partial charge on any atom is 0.264 e. The monoisotopic (exact) mass is 619 g/mol. The Labute approximate surface area is 250 Å². The number of aryl methyl sites for hydroxylation is 1. The van der Waals surface area contributed by atoms with Gasteiger partial charge >= 0.3 is 0 Å². The first-order valence-corrected chi connectivity index (χ1v) is 15.6. The summed E-state index contributed by atoms with van der Waals surface area (Å²) in [5, 5.41) is 3.57. The number of carbonyl (C=O) groups excluding carboxylic acids is 2. The van der Waals surface area contributed by atoms with Gasteiger partial charge in [0.2, 0.25) is 11.8 Å². The van der Waals surface area contributed by atoms with Crippen LogP contribution in [0, 0.1) is 12.7 Å². The van der Waals surface area contributed by atoms with Crippen molar-refractivity contribution in [3.8, 4) is 0 Å². The molecule has 0 bridgehead atoms. The third kappa shape index (κ3) is 7.20. The smallest absolute Gasteiger partial charge is 0.264 e. The summed E-state index contributed by atoms with van der Waals surface area (Å²) in [7, 11) is -4.38. The number of anilines is 1. The Bertz CT molecular complexity index is 1490. The molecular formula is C30H32Cl2FN3O4S. The van der Waals surface area contributed by atoms with Gasteiger partial charge in [-0.15, -0.1) is 0 Å². The zero-order chi connectivity index (χ0) is 29.7. The summed E-state index contributed by atoms with van der Waals surface area (Å²) < 4.78 is 43.4. The van der Waals surface area contributed by atoms with Gasteiger partial charge in [0.25, 0.3) is 10.0 Å². The fourth-order valence-corrected chi connectivity index (χ4v) is 6.77. The number of amides is 2. The molecule has 1 fully saturated rings. The number of hydrogen-bond acceptors (Lipinski definition) is 4. The van der Waals surface area contributed by atoms with Crippen molar-refractivity contribution in [1.29, 1.82) is 0 Å². The molecule has 0 saturated heterocycles. The molecule has 3 aromatic carbocycles. The number of hydrogen-bond donors (Lipinski definition) is 1. The lowest BCUT2D eigenvalue weighted by atomic mass is 10.1. The van der Waals surface area contributed by atoms with Gasteiger partial charge in [0.05, 0.1) is 10.6 Å². The maximum absolute atomic E-state index is 15.0. The predicted octanol–water partition coefficient (Wildman–Crippen LogP) is 6.11. The van der Waals surface area contributed by atoms with E-state index in [1.807, 2.05) is 6.92 Å². The van der Waals surface area contributed by atoms with Crippen LogP contribution in [0.5, 0.6) is 0 Å². The molecule has 218 valence electrons. The lowest BCUT2D eigenvalue weighted by Crippen LogP contribution is -2.52. The zero-order valence-electron chi connectivity index (χ0n) is 22.8. The number of sulfonamides is 1. The van der Waals surface area contributed by atoms with Crippen LogP contribution in [0.1, 0.15) is 43.7 Å². The summed E-state index contributed by atoms with van der Waals surface area (Å²) in [4.78, 5) is 28.4. The summed E-state index contributed by atoms with van der Waals surface area (Å²) in [6.45, 7) is 2.45. The molecule has 1 aliphatic rings. The minimum atomic E-state index is -4.38. The minimum Gasteiger partial charge on any atom is -0.352 e. The molecule has 41 heavy (non-hydrogen) atoms. The van der Waals surface area contributed by atoms with Crippen LogP contribution in [-0.4, -0.2) is 43.8 Å². The van der Waals surface area contributed by atoms with Crippen molar-refractivity contribution in [3.63, 3.8) is 0 Å². The molecule has 11 heteroatoms. The molecule has 1 saturated carbocycles. The van der Waals surface area contributed by atoms with Gasteiger partial charge < -0.3 is 10.2 Å². The van der Waals surface area contributed by atoms with Crippen molar-refractivity contribution in [2.75, 3.05) is 10.8 Å². The molecule has 0 spiro atoms. The summed E-state index contributed by atoms with van der Waals surface area (Å²) in [5.74, 6) is -1.93. The van der Waals surface area contributed by atoms with E-state index in [9.17, 15) is 18.0 Å². The first-order chi connectivity index (χ1) is 19.5. The van der Waals surface area contributed by atoms with Crippen molar-refractivity contribution in [2.45, 2.75) is 63.1 Å². The van der Waals surface area contributed by atoms with Crippen LogP contribution in [-0.2, 0) is 26.2 Å². The van der Waals surface area contributed by atoms with Crippen LogP contribution in [0.3, 0.4) is 0 Å². The van der Waals surface area contributed by atoms with E-state index in [2.05, 4.69) is 5.32 Å². The van der Waals surface area contributed by atoms with Crippen molar-refractivity contribution >= 4 is 50.7 Å². The standard InChI is InChI=1S/C30H32Cl2FN3O4S/c1-20-14-16-23(17-15-20)41(39,40)36(28-13-6-5-12-27(28)33)19-29(37)35(18-24-25(31)10-7-11-26(24)32)21(2)30(38)34-22-8-3-4-9-22/h5-7,10-17,21-22H,3-4,8-9,18-19H2,1-2H3,(H,34,38). The third-order valence-electron chi connectivity index (χ3n) is 7.27. The Kier molecular flexibility index (Phi) is 9.94. The van der Waals surface area contributed by atoms with Crippen LogP contribution in [0.4, 0.5) is 10.1 Å². The van der Waals surface area contributed by atoms with E-state index in [4.69, 9.17) is 23.2 Å². The lowest BCUT2D eigenvalue weighted by molar-refractivity contribution is -0.139. The molecule has 0 aromatic heterocycles. The van der Waals surface area contributed by atoms with Crippen LogP contribution < -0.4 is 9.62 Å². The summed E-state index contributed by atoms with van der Waals surface area (Å²) in [5.41, 5.74) is 0.950. The van der Waals surface area contributed by atoms with E-state index in [0.717, 1.165) is 41.6 Å². The number of para-hydroxylation sites is 1. The minimum absolute atomic E-state index is 0.00244. The second kappa shape index (κ2) is 13.2. The van der Waals surface area contributed by atoms with Crippen LogP contribution >= 0.6 is 23.2 Å². The molecule has 7 nitrogen and oxygen atoms in total. The first-order valence-electron chi connectivity index (χ1n) is 13.4.